The molecule has 3 aromatic rings. The maximum absolute atomic E-state index is 12.7. The van der Waals surface area contributed by atoms with Crippen molar-refractivity contribution >= 4 is 16.8 Å². The van der Waals surface area contributed by atoms with Crippen LogP contribution in [0.25, 0.3) is 10.9 Å². The van der Waals surface area contributed by atoms with Gasteiger partial charge in [-0.05, 0) is 37.5 Å². The Morgan fingerprint density at radius 3 is 2.69 bits per heavy atom. The van der Waals surface area contributed by atoms with Crippen LogP contribution < -0.4 is 10.9 Å². The summed E-state index contributed by atoms with van der Waals surface area (Å²) in [6, 6.07) is 15.8. The third kappa shape index (κ3) is 4.09. The highest BCUT2D eigenvalue weighted by Gasteiger charge is 2.34. The number of fused-ring (bicyclic) bond motifs is 1. The molecule has 1 aliphatic carbocycles. The minimum absolute atomic E-state index is 0.0133. The summed E-state index contributed by atoms with van der Waals surface area (Å²) in [6.07, 6.45) is 7.22. The molecule has 5 nitrogen and oxygen atoms in total. The highest BCUT2D eigenvalue weighted by atomic mass is 16.2. The number of nitrogens with one attached hydrogen (secondary N) is 1. The van der Waals surface area contributed by atoms with Gasteiger partial charge in [-0.3, -0.25) is 14.2 Å². The van der Waals surface area contributed by atoms with E-state index in [9.17, 15) is 9.59 Å². The van der Waals surface area contributed by atoms with E-state index in [1.165, 1.54) is 41.3 Å². The Morgan fingerprint density at radius 1 is 1.10 bits per heavy atom. The normalized spacial score (nSPS) is 15.9. The van der Waals surface area contributed by atoms with Crippen molar-refractivity contribution in [2.24, 2.45) is 0 Å². The van der Waals surface area contributed by atoms with Crippen molar-refractivity contribution in [3.05, 3.63) is 76.3 Å². The van der Waals surface area contributed by atoms with Crippen molar-refractivity contribution in [1.82, 2.24) is 14.9 Å². The lowest BCUT2D eigenvalue weighted by molar-refractivity contribution is -0.122. The van der Waals surface area contributed by atoms with Gasteiger partial charge >= 0.3 is 0 Å². The quantitative estimate of drug-likeness (QED) is 0.723. The fourth-order valence-electron chi connectivity index (χ4n) is 4.47. The molecule has 1 saturated carbocycles. The third-order valence-corrected chi connectivity index (χ3v) is 6.11. The molecule has 0 spiro atoms. The fraction of sp³-hybridized carbons (Fsp3) is 0.375. The molecular weight excluding hydrogens is 362 g/mol. The number of aromatic nitrogens is 2. The zero-order chi connectivity index (χ0) is 20.3. The molecule has 0 bridgehead atoms. The van der Waals surface area contributed by atoms with Crippen molar-refractivity contribution in [3.63, 3.8) is 0 Å². The molecule has 0 saturated heterocycles. The summed E-state index contributed by atoms with van der Waals surface area (Å²) in [6.45, 7) is 2.70. The minimum atomic E-state index is -0.184. The van der Waals surface area contributed by atoms with Crippen LogP contribution in [-0.2, 0) is 16.8 Å². The smallest absolute Gasteiger partial charge is 0.261 e. The number of nitrogens with zero attached hydrogens (tertiary/aromatic N) is 2. The van der Waals surface area contributed by atoms with Gasteiger partial charge in [-0.1, -0.05) is 61.2 Å². The molecule has 1 aliphatic rings. The lowest BCUT2D eigenvalue weighted by Gasteiger charge is -2.38. The lowest BCUT2D eigenvalue weighted by Crippen LogP contribution is -2.43. The SMILES string of the molecule is Cc1cccc(C2(CNC(=O)Cn3cnc4ccccc4c3=O)CCCCC2)c1. The summed E-state index contributed by atoms with van der Waals surface area (Å²) in [4.78, 5) is 29.6. The molecular formula is C24H27N3O2. The average Bonchev–Trinajstić information content (AvgIpc) is 2.75. The number of hydrogen-bond acceptors (Lipinski definition) is 3. The van der Waals surface area contributed by atoms with Gasteiger partial charge < -0.3 is 5.32 Å². The number of amides is 1. The maximum Gasteiger partial charge on any atom is 0.261 e. The van der Waals surface area contributed by atoms with Crippen molar-refractivity contribution in [2.75, 3.05) is 6.54 Å². The summed E-state index contributed by atoms with van der Waals surface area (Å²) in [5.74, 6) is -0.151. The maximum atomic E-state index is 12.7. The first-order chi connectivity index (χ1) is 14.1. The van der Waals surface area contributed by atoms with Gasteiger partial charge in [0.15, 0.2) is 0 Å². The number of hydrogen-bond donors (Lipinski definition) is 1. The highest BCUT2D eigenvalue weighted by molar-refractivity contribution is 5.78. The Bertz CT molecular complexity index is 1080. The summed E-state index contributed by atoms with van der Waals surface area (Å²) in [7, 11) is 0. The number of aryl methyl sites for hydroxylation is 1. The highest BCUT2D eigenvalue weighted by Crippen LogP contribution is 2.39. The van der Waals surface area contributed by atoms with Gasteiger partial charge in [-0.2, -0.15) is 0 Å². The molecule has 0 atom stereocenters. The first-order valence-electron chi connectivity index (χ1n) is 10.4. The van der Waals surface area contributed by atoms with Crippen molar-refractivity contribution in [2.45, 2.75) is 51.0 Å². The molecule has 150 valence electrons. The second-order valence-electron chi connectivity index (χ2n) is 8.18. The first kappa shape index (κ1) is 19.4. The number of carbonyl (C=O) groups excluding carboxylic acids is 1. The summed E-state index contributed by atoms with van der Waals surface area (Å²) < 4.78 is 1.39. The van der Waals surface area contributed by atoms with Crippen LogP contribution >= 0.6 is 0 Å². The summed E-state index contributed by atoms with van der Waals surface area (Å²) in [5.41, 5.74) is 2.99. The standard InChI is InChI=1S/C24H27N3O2/c1-18-8-7-9-19(14-18)24(12-5-2-6-13-24)16-25-22(28)15-27-17-26-21-11-4-3-10-20(21)23(27)29/h3-4,7-11,14,17H,2,5-6,12-13,15-16H2,1H3,(H,25,28). The van der Waals surface area contributed by atoms with Crippen molar-refractivity contribution < 1.29 is 4.79 Å². The first-order valence-corrected chi connectivity index (χ1v) is 10.4. The minimum Gasteiger partial charge on any atom is -0.354 e. The molecule has 0 radical (unpaired) electrons. The molecule has 2 aromatic carbocycles. The monoisotopic (exact) mass is 389 g/mol. The van der Waals surface area contributed by atoms with Crippen molar-refractivity contribution in [1.29, 1.82) is 0 Å². The second-order valence-corrected chi connectivity index (χ2v) is 8.18. The van der Waals surface area contributed by atoms with E-state index >= 15 is 0 Å². The molecule has 1 N–H and O–H groups in total. The largest absolute Gasteiger partial charge is 0.354 e. The third-order valence-electron chi connectivity index (χ3n) is 6.11. The predicted octanol–water partition coefficient (Wildman–Crippen LogP) is 3.72. The van der Waals surface area contributed by atoms with E-state index < -0.39 is 0 Å². The van der Waals surface area contributed by atoms with Crippen LogP contribution in [0.3, 0.4) is 0 Å². The number of para-hydroxylation sites is 1. The number of benzene rings is 2. The van der Waals surface area contributed by atoms with E-state index in [4.69, 9.17) is 0 Å². The average molecular weight is 389 g/mol. The Balaban J connectivity index is 1.50. The predicted molar refractivity (Wildman–Crippen MR) is 115 cm³/mol. The van der Waals surface area contributed by atoms with E-state index in [1.54, 1.807) is 12.1 Å². The molecule has 1 heterocycles. The molecule has 1 aromatic heterocycles. The molecule has 29 heavy (non-hydrogen) atoms. The Hall–Kier alpha value is -2.95. The Kier molecular flexibility index (Phi) is 5.47. The molecule has 1 amide bonds. The van der Waals surface area contributed by atoms with Crippen LogP contribution in [0.1, 0.15) is 43.2 Å². The topological polar surface area (TPSA) is 64.0 Å². The molecule has 5 heteroatoms. The van der Waals surface area contributed by atoms with E-state index in [-0.39, 0.29) is 23.4 Å². The lowest BCUT2D eigenvalue weighted by atomic mass is 9.69. The summed E-state index contributed by atoms with van der Waals surface area (Å²) >= 11 is 0. The zero-order valence-electron chi connectivity index (χ0n) is 16.9. The number of carbonyl (C=O) groups is 1. The van der Waals surface area contributed by atoms with Gasteiger partial charge in [-0.15, -0.1) is 0 Å². The Labute approximate surface area is 170 Å². The fourth-order valence-corrected chi connectivity index (χ4v) is 4.47. The zero-order valence-corrected chi connectivity index (χ0v) is 16.9. The summed E-state index contributed by atoms with van der Waals surface area (Å²) in [5, 5.41) is 3.64. The molecule has 4 rings (SSSR count). The van der Waals surface area contributed by atoms with E-state index in [0.717, 1.165) is 12.8 Å². The molecule has 1 fully saturated rings. The van der Waals surface area contributed by atoms with Crippen LogP contribution in [0.5, 0.6) is 0 Å². The number of rotatable bonds is 5. The molecule has 0 aliphatic heterocycles. The van der Waals surface area contributed by atoms with Gasteiger partial charge in [0.05, 0.1) is 17.2 Å². The van der Waals surface area contributed by atoms with Gasteiger partial charge in [0.25, 0.3) is 5.56 Å². The van der Waals surface area contributed by atoms with E-state index in [1.807, 2.05) is 12.1 Å². The van der Waals surface area contributed by atoms with Crippen LogP contribution in [0.4, 0.5) is 0 Å². The van der Waals surface area contributed by atoms with Gasteiger partial charge in [0.1, 0.15) is 6.54 Å². The van der Waals surface area contributed by atoms with Gasteiger partial charge in [0.2, 0.25) is 5.91 Å². The Morgan fingerprint density at radius 2 is 1.90 bits per heavy atom. The van der Waals surface area contributed by atoms with Gasteiger partial charge in [0, 0.05) is 12.0 Å². The van der Waals surface area contributed by atoms with E-state index in [2.05, 4.69) is 41.5 Å². The van der Waals surface area contributed by atoms with Gasteiger partial charge in [-0.25, -0.2) is 4.98 Å². The van der Waals surface area contributed by atoms with Crippen molar-refractivity contribution in [3.8, 4) is 0 Å². The molecule has 0 unspecified atom stereocenters. The second kappa shape index (κ2) is 8.19. The van der Waals surface area contributed by atoms with Crippen LogP contribution in [0.2, 0.25) is 0 Å². The van der Waals surface area contributed by atoms with Crippen LogP contribution in [-0.4, -0.2) is 22.0 Å². The van der Waals surface area contributed by atoms with E-state index in [0.29, 0.717) is 17.4 Å². The van der Waals surface area contributed by atoms with Crippen LogP contribution in [0.15, 0.2) is 59.7 Å². The van der Waals surface area contributed by atoms with Crippen LogP contribution in [0, 0.1) is 6.92 Å².